The molecule has 2 aromatic carbocycles. The molecule has 13 heteroatoms. The van der Waals surface area contributed by atoms with E-state index >= 15 is 4.39 Å². The number of amides is 1. The summed E-state index contributed by atoms with van der Waals surface area (Å²) in [5.41, 5.74) is 7.98. The minimum absolute atomic E-state index is 0.0656. The fourth-order valence-corrected chi connectivity index (χ4v) is 8.33. The van der Waals surface area contributed by atoms with Crippen molar-refractivity contribution in [3.8, 4) is 40.1 Å². The average molecular weight is 670 g/mol. The second-order valence-corrected chi connectivity index (χ2v) is 13.6. The predicted molar refractivity (Wildman–Crippen MR) is 181 cm³/mol. The van der Waals surface area contributed by atoms with Gasteiger partial charge in [0.15, 0.2) is 10.9 Å². The van der Waals surface area contributed by atoms with E-state index in [0.29, 0.717) is 60.7 Å². The Morgan fingerprint density at radius 3 is 2.56 bits per heavy atom. The van der Waals surface area contributed by atoms with E-state index in [1.807, 2.05) is 11.0 Å². The first-order valence-corrected chi connectivity index (χ1v) is 16.9. The minimum atomic E-state index is -0.620. The third-order valence-corrected chi connectivity index (χ3v) is 10.8. The Bertz CT molecular complexity index is 2110. The van der Waals surface area contributed by atoms with Crippen LogP contribution in [0.5, 0.6) is 6.01 Å². The van der Waals surface area contributed by atoms with Crippen LogP contribution in [0.3, 0.4) is 0 Å². The molecule has 0 bridgehead atoms. The number of thiazole rings is 1. The number of carbonyl (C=O) groups is 1. The lowest BCUT2D eigenvalue weighted by Crippen LogP contribution is -2.48. The number of piperazine rings is 1. The molecule has 0 aliphatic carbocycles. The molecular formula is C35H33F2N7O3S. The van der Waals surface area contributed by atoms with Crippen molar-refractivity contribution in [3.63, 3.8) is 0 Å². The van der Waals surface area contributed by atoms with Gasteiger partial charge in [-0.2, -0.15) is 9.97 Å². The molecule has 0 spiro atoms. The van der Waals surface area contributed by atoms with Crippen LogP contribution in [0.15, 0.2) is 41.2 Å². The van der Waals surface area contributed by atoms with E-state index in [1.54, 1.807) is 17.9 Å². The molecule has 3 aliphatic heterocycles. The molecule has 0 saturated carbocycles. The lowest BCUT2D eigenvalue weighted by atomic mass is 9.92. The van der Waals surface area contributed by atoms with Crippen LogP contribution in [-0.4, -0.2) is 82.1 Å². The van der Waals surface area contributed by atoms with Gasteiger partial charge in [0, 0.05) is 48.3 Å². The second-order valence-electron chi connectivity index (χ2n) is 12.5. The van der Waals surface area contributed by atoms with Gasteiger partial charge in [0.2, 0.25) is 0 Å². The fraction of sp³-hybridized carbons (Fsp3) is 0.371. The molecule has 0 radical (unpaired) electrons. The van der Waals surface area contributed by atoms with Crippen LogP contribution in [0, 0.1) is 23.5 Å². The van der Waals surface area contributed by atoms with Gasteiger partial charge in [0.25, 0.3) is 5.91 Å². The van der Waals surface area contributed by atoms with E-state index in [4.69, 9.17) is 24.9 Å². The lowest BCUT2D eigenvalue weighted by Gasteiger charge is -2.35. The fourth-order valence-electron chi connectivity index (χ4n) is 7.57. The van der Waals surface area contributed by atoms with Crippen LogP contribution in [0.4, 0.5) is 19.7 Å². The maximum Gasteiger partial charge on any atom is 0.319 e. The molecule has 3 saturated heterocycles. The Balaban J connectivity index is 1.30. The Morgan fingerprint density at radius 2 is 1.83 bits per heavy atom. The summed E-state index contributed by atoms with van der Waals surface area (Å²) in [6.45, 7) is 5.92. The number of nitrogens with two attached hydrogens (primary N) is 1. The average Bonchev–Trinajstić information content (AvgIpc) is 3.90. The summed E-state index contributed by atoms with van der Waals surface area (Å²) in [5, 5.41) is 0.656. The van der Waals surface area contributed by atoms with Gasteiger partial charge in [-0.05, 0) is 81.4 Å². The molecule has 246 valence electrons. The smallest absolute Gasteiger partial charge is 0.319 e. The van der Waals surface area contributed by atoms with Crippen LogP contribution in [0.25, 0.3) is 43.4 Å². The molecule has 3 aromatic heterocycles. The van der Waals surface area contributed by atoms with Gasteiger partial charge in [-0.3, -0.25) is 9.69 Å². The molecule has 2 N–H and O–H groups in total. The number of halogens is 2. The van der Waals surface area contributed by atoms with E-state index in [1.165, 1.54) is 24.7 Å². The number of benzene rings is 2. The molecule has 3 fully saturated rings. The summed E-state index contributed by atoms with van der Waals surface area (Å²) < 4.78 is 44.3. The maximum absolute atomic E-state index is 17.4. The monoisotopic (exact) mass is 669 g/mol. The number of nitrogens with zero attached hydrogens (tertiary/aromatic N) is 6. The van der Waals surface area contributed by atoms with Gasteiger partial charge in [0.05, 0.1) is 28.3 Å². The zero-order valence-corrected chi connectivity index (χ0v) is 27.2. The summed E-state index contributed by atoms with van der Waals surface area (Å²) in [6.07, 6.45) is 7.34. The normalized spacial score (nSPS) is 17.6. The number of carbonyl (C=O) groups excluding carboxylic acids is 1. The topological polar surface area (TPSA) is 114 Å². The minimum Gasteiger partial charge on any atom is -0.472 e. The molecular weight excluding hydrogens is 636 g/mol. The largest absolute Gasteiger partial charge is 0.472 e. The van der Waals surface area contributed by atoms with Gasteiger partial charge >= 0.3 is 6.01 Å². The Morgan fingerprint density at radius 1 is 1.04 bits per heavy atom. The van der Waals surface area contributed by atoms with Crippen molar-refractivity contribution in [2.75, 3.05) is 56.5 Å². The number of anilines is 2. The van der Waals surface area contributed by atoms with E-state index in [0.717, 1.165) is 50.1 Å². The molecule has 0 atom stereocenters. The van der Waals surface area contributed by atoms with E-state index in [9.17, 15) is 9.18 Å². The molecule has 5 aromatic rings. The van der Waals surface area contributed by atoms with Gasteiger partial charge in [-0.25, -0.2) is 13.8 Å². The van der Waals surface area contributed by atoms with E-state index in [-0.39, 0.29) is 43.9 Å². The first-order chi connectivity index (χ1) is 23.3. The first kappa shape index (κ1) is 30.5. The van der Waals surface area contributed by atoms with Crippen molar-refractivity contribution < 1.29 is 22.7 Å². The molecule has 3 aliphatic rings. The van der Waals surface area contributed by atoms with Crippen LogP contribution < -0.4 is 15.4 Å². The third-order valence-electron chi connectivity index (χ3n) is 9.88. The SMILES string of the molecule is CC#CC(=O)N1CCN(c2nc(OCC34CCCN3CCC4)nc3c(F)c(-c4ccc(F)c5sc(N)nc45)c(-c4ccoc4)cc23)CC1. The molecule has 10 nitrogen and oxygen atoms in total. The van der Waals surface area contributed by atoms with Crippen LogP contribution in [-0.2, 0) is 4.79 Å². The molecule has 0 unspecified atom stereocenters. The highest BCUT2D eigenvalue weighted by Crippen LogP contribution is 2.45. The number of hydrogen-bond donors (Lipinski definition) is 1. The van der Waals surface area contributed by atoms with Crippen molar-refractivity contribution in [3.05, 3.63) is 48.4 Å². The van der Waals surface area contributed by atoms with E-state index in [2.05, 4.69) is 21.7 Å². The van der Waals surface area contributed by atoms with Crippen molar-refractivity contribution in [1.29, 1.82) is 0 Å². The number of aromatic nitrogens is 3. The van der Waals surface area contributed by atoms with Gasteiger partial charge in [-0.15, -0.1) is 0 Å². The lowest BCUT2D eigenvalue weighted by molar-refractivity contribution is -0.125. The van der Waals surface area contributed by atoms with Gasteiger partial charge in [0.1, 0.15) is 23.8 Å². The summed E-state index contributed by atoms with van der Waals surface area (Å²) in [7, 11) is 0. The summed E-state index contributed by atoms with van der Waals surface area (Å²) in [5.74, 6) is 4.47. The van der Waals surface area contributed by atoms with E-state index < -0.39 is 11.6 Å². The zero-order valence-electron chi connectivity index (χ0n) is 26.4. The quantitative estimate of drug-likeness (QED) is 0.227. The van der Waals surface area contributed by atoms with Crippen LogP contribution in [0.1, 0.15) is 32.6 Å². The van der Waals surface area contributed by atoms with Crippen molar-refractivity contribution in [2.24, 2.45) is 0 Å². The molecule has 1 amide bonds. The number of rotatable bonds is 6. The van der Waals surface area contributed by atoms with Crippen molar-refractivity contribution in [2.45, 2.75) is 38.1 Å². The maximum atomic E-state index is 17.4. The highest BCUT2D eigenvalue weighted by Gasteiger charge is 2.45. The Labute approximate surface area is 279 Å². The number of nitrogen functional groups attached to an aromatic ring is 1. The van der Waals surface area contributed by atoms with Gasteiger partial charge < -0.3 is 24.7 Å². The number of fused-ring (bicyclic) bond motifs is 3. The Kier molecular flexibility index (Phi) is 7.64. The first-order valence-electron chi connectivity index (χ1n) is 16.1. The van der Waals surface area contributed by atoms with Crippen LogP contribution in [0.2, 0.25) is 0 Å². The third kappa shape index (κ3) is 5.11. The van der Waals surface area contributed by atoms with Gasteiger partial charge in [-0.1, -0.05) is 17.3 Å². The molecule has 8 rings (SSSR count). The van der Waals surface area contributed by atoms with Crippen molar-refractivity contribution in [1.82, 2.24) is 24.8 Å². The Hall–Kier alpha value is -4.80. The standard InChI is InChI=1S/C35H33F2N7O3S/c1-2-5-26(45)42-13-15-43(16-14-42)32-24-18-23(21-8-17-46-19-21)27(22-6-7-25(36)31-30(22)39-33(38)48-31)28(37)29(24)40-34(41-32)47-20-35-9-3-11-44(35)12-4-10-35/h6-8,17-19H,3-4,9-16,20H2,1H3,(H2,38,39). The molecule has 48 heavy (non-hydrogen) atoms. The molecule has 6 heterocycles. The zero-order chi connectivity index (χ0) is 33.0. The summed E-state index contributed by atoms with van der Waals surface area (Å²) in [6, 6.07) is 6.50. The highest BCUT2D eigenvalue weighted by molar-refractivity contribution is 7.22. The van der Waals surface area contributed by atoms with Crippen LogP contribution >= 0.6 is 11.3 Å². The van der Waals surface area contributed by atoms with Crippen molar-refractivity contribution >= 4 is 49.3 Å². The number of ether oxygens (including phenoxy) is 1. The number of furan rings is 1. The predicted octanol–water partition coefficient (Wildman–Crippen LogP) is 5.71. The summed E-state index contributed by atoms with van der Waals surface area (Å²) >= 11 is 1.01. The highest BCUT2D eigenvalue weighted by atomic mass is 32.1. The summed E-state index contributed by atoms with van der Waals surface area (Å²) in [4.78, 5) is 32.7. The number of hydrogen-bond acceptors (Lipinski definition) is 10. The second kappa shape index (κ2) is 12.0.